The number of rotatable bonds is 8. The minimum atomic E-state index is 0.0194. The molecule has 0 atom stereocenters. The van der Waals surface area contributed by atoms with E-state index in [1.165, 1.54) is 11.3 Å². The normalized spacial score (nSPS) is 11.0. The molecule has 1 aromatic heterocycles. The van der Waals surface area contributed by atoms with Crippen molar-refractivity contribution in [2.24, 2.45) is 0 Å². The van der Waals surface area contributed by atoms with E-state index in [0.29, 0.717) is 24.6 Å². The van der Waals surface area contributed by atoms with Crippen molar-refractivity contribution < 1.29 is 14.3 Å². The predicted molar refractivity (Wildman–Crippen MR) is 114 cm³/mol. The van der Waals surface area contributed by atoms with Crippen LogP contribution in [-0.2, 0) is 11.3 Å². The van der Waals surface area contributed by atoms with Crippen molar-refractivity contribution >= 4 is 32.6 Å². The molecule has 0 saturated heterocycles. The number of para-hydroxylation sites is 2. The average molecular weight is 400 g/mol. The predicted octanol–water partition coefficient (Wildman–Crippen LogP) is 3.80. The van der Waals surface area contributed by atoms with Crippen LogP contribution in [0, 0.1) is 0 Å². The fraction of sp³-hybridized carbons (Fsp3) is 0.333. The van der Waals surface area contributed by atoms with Crippen LogP contribution in [0.1, 0.15) is 12.5 Å². The lowest BCUT2D eigenvalue weighted by Crippen LogP contribution is -2.38. The molecule has 28 heavy (non-hydrogen) atoms. The van der Waals surface area contributed by atoms with Gasteiger partial charge in [0.2, 0.25) is 5.91 Å². The number of nitrogens with zero attached hydrogens (tertiary/aromatic N) is 3. The number of likely N-dealkylation sites (N-methyl/N-ethyl adjacent to an activating group) is 2. The number of hydrogen-bond acceptors (Lipinski definition) is 6. The molecule has 6 nitrogen and oxygen atoms in total. The lowest BCUT2D eigenvalue weighted by Gasteiger charge is -2.23. The van der Waals surface area contributed by atoms with Gasteiger partial charge in [0.15, 0.2) is 16.6 Å². The molecule has 0 aliphatic rings. The minimum Gasteiger partial charge on any atom is -0.493 e. The van der Waals surface area contributed by atoms with Gasteiger partial charge in [0, 0.05) is 18.7 Å². The maximum Gasteiger partial charge on any atom is 0.242 e. The molecule has 0 radical (unpaired) electrons. The summed E-state index contributed by atoms with van der Waals surface area (Å²) >= 11 is 1.54. The van der Waals surface area contributed by atoms with E-state index in [4.69, 9.17) is 9.47 Å². The van der Waals surface area contributed by atoms with Gasteiger partial charge in [-0.05, 0) is 32.2 Å². The van der Waals surface area contributed by atoms with Gasteiger partial charge in [-0.1, -0.05) is 35.6 Å². The third-order valence-electron chi connectivity index (χ3n) is 4.46. The van der Waals surface area contributed by atoms with Gasteiger partial charge in [-0.2, -0.15) is 0 Å². The van der Waals surface area contributed by atoms with Gasteiger partial charge in [-0.3, -0.25) is 14.6 Å². The number of amides is 1. The van der Waals surface area contributed by atoms with Crippen molar-refractivity contribution in [3.8, 4) is 11.5 Å². The van der Waals surface area contributed by atoms with Crippen LogP contribution in [0.15, 0.2) is 42.5 Å². The number of carbonyl (C=O) groups excluding carboxylic acids is 1. The Balaban J connectivity index is 1.72. The molecule has 0 spiro atoms. The highest BCUT2D eigenvalue weighted by atomic mass is 32.1. The molecule has 3 rings (SSSR count). The number of methoxy groups -OCH3 is 2. The Labute approximate surface area is 169 Å². The first-order chi connectivity index (χ1) is 13.6. The fourth-order valence-corrected chi connectivity index (χ4v) is 4.18. The number of aromatic nitrogens is 1. The average Bonchev–Trinajstić information content (AvgIpc) is 3.11. The summed E-state index contributed by atoms with van der Waals surface area (Å²) < 4.78 is 11.9. The van der Waals surface area contributed by atoms with E-state index < -0.39 is 0 Å². The number of thiazole rings is 1. The number of fused-ring (bicyclic) bond motifs is 1. The Kier molecular flexibility index (Phi) is 6.49. The van der Waals surface area contributed by atoms with Gasteiger partial charge in [0.1, 0.15) is 0 Å². The number of hydrogen-bond donors (Lipinski definition) is 0. The Morgan fingerprint density at radius 2 is 1.89 bits per heavy atom. The molecule has 0 saturated carbocycles. The molecule has 3 aromatic rings. The van der Waals surface area contributed by atoms with E-state index >= 15 is 0 Å². The van der Waals surface area contributed by atoms with Crippen LogP contribution < -0.4 is 14.4 Å². The van der Waals surface area contributed by atoms with Gasteiger partial charge in [-0.25, -0.2) is 4.98 Å². The highest BCUT2D eigenvalue weighted by molar-refractivity contribution is 7.22. The summed E-state index contributed by atoms with van der Waals surface area (Å²) in [5, 5.41) is 0.737. The zero-order valence-corrected chi connectivity index (χ0v) is 17.5. The third-order valence-corrected chi connectivity index (χ3v) is 5.52. The summed E-state index contributed by atoms with van der Waals surface area (Å²) in [4.78, 5) is 21.2. The molecular weight excluding hydrogens is 374 g/mol. The smallest absolute Gasteiger partial charge is 0.242 e. The standard InChI is InChI=1S/C21H25N3O3S/c1-5-24(21-22-16-10-6-7-12-18(16)28-21)19(25)14-23(2)13-15-9-8-11-17(26-3)20(15)27-4/h6-12H,5,13-14H2,1-4H3. The molecule has 2 aromatic carbocycles. The van der Waals surface area contributed by atoms with Gasteiger partial charge in [0.05, 0.1) is 31.0 Å². The van der Waals surface area contributed by atoms with E-state index in [1.54, 1.807) is 19.1 Å². The van der Waals surface area contributed by atoms with Crippen molar-refractivity contribution in [2.75, 3.05) is 39.3 Å². The van der Waals surface area contributed by atoms with E-state index in [2.05, 4.69) is 4.98 Å². The SMILES string of the molecule is CCN(C(=O)CN(C)Cc1cccc(OC)c1OC)c1nc2ccccc2s1. The Hall–Kier alpha value is -2.64. The fourth-order valence-electron chi connectivity index (χ4n) is 3.13. The molecule has 7 heteroatoms. The first-order valence-electron chi connectivity index (χ1n) is 9.11. The Bertz CT molecular complexity index is 924. The second-order valence-electron chi connectivity index (χ2n) is 6.43. The van der Waals surface area contributed by atoms with Crippen molar-refractivity contribution in [3.63, 3.8) is 0 Å². The first kappa shape index (κ1) is 20.1. The molecule has 148 valence electrons. The van der Waals surface area contributed by atoms with Gasteiger partial charge < -0.3 is 9.47 Å². The molecular formula is C21H25N3O3S. The van der Waals surface area contributed by atoms with Crippen molar-refractivity contribution in [2.45, 2.75) is 13.5 Å². The lowest BCUT2D eigenvalue weighted by atomic mass is 10.1. The minimum absolute atomic E-state index is 0.0194. The zero-order chi connectivity index (χ0) is 20.1. The second-order valence-corrected chi connectivity index (χ2v) is 7.44. The van der Waals surface area contributed by atoms with Crippen LogP contribution >= 0.6 is 11.3 Å². The van der Waals surface area contributed by atoms with E-state index in [-0.39, 0.29) is 12.5 Å². The molecule has 0 aliphatic carbocycles. The monoisotopic (exact) mass is 399 g/mol. The summed E-state index contributed by atoms with van der Waals surface area (Å²) in [6.07, 6.45) is 0. The second kappa shape index (κ2) is 9.03. The lowest BCUT2D eigenvalue weighted by molar-refractivity contribution is -0.119. The van der Waals surface area contributed by atoms with Gasteiger partial charge in [0.25, 0.3) is 0 Å². The van der Waals surface area contributed by atoms with E-state index in [1.807, 2.05) is 61.3 Å². The molecule has 0 fully saturated rings. The molecule has 1 amide bonds. The summed E-state index contributed by atoms with van der Waals surface area (Å²) in [6, 6.07) is 13.7. The number of ether oxygens (including phenoxy) is 2. The van der Waals surface area contributed by atoms with Crippen molar-refractivity contribution in [3.05, 3.63) is 48.0 Å². The maximum absolute atomic E-state index is 12.9. The quantitative estimate of drug-likeness (QED) is 0.577. The number of carbonyl (C=O) groups is 1. The molecule has 0 N–H and O–H groups in total. The van der Waals surface area contributed by atoms with Crippen LogP contribution in [0.5, 0.6) is 11.5 Å². The first-order valence-corrected chi connectivity index (χ1v) is 9.93. The van der Waals surface area contributed by atoms with Gasteiger partial charge >= 0.3 is 0 Å². The number of benzene rings is 2. The van der Waals surface area contributed by atoms with Crippen LogP contribution in [-0.4, -0.2) is 50.1 Å². The van der Waals surface area contributed by atoms with Crippen molar-refractivity contribution in [1.82, 2.24) is 9.88 Å². The van der Waals surface area contributed by atoms with Crippen LogP contribution in [0.4, 0.5) is 5.13 Å². The summed E-state index contributed by atoms with van der Waals surface area (Å²) in [7, 11) is 5.16. The number of anilines is 1. The Morgan fingerprint density at radius 3 is 2.57 bits per heavy atom. The summed E-state index contributed by atoms with van der Waals surface area (Å²) in [5.74, 6) is 1.40. The van der Waals surface area contributed by atoms with E-state index in [9.17, 15) is 4.79 Å². The third kappa shape index (κ3) is 4.26. The highest BCUT2D eigenvalue weighted by Crippen LogP contribution is 2.32. The maximum atomic E-state index is 12.9. The summed E-state index contributed by atoms with van der Waals surface area (Å²) in [5.41, 5.74) is 1.89. The largest absolute Gasteiger partial charge is 0.493 e. The zero-order valence-electron chi connectivity index (χ0n) is 16.6. The topological polar surface area (TPSA) is 54.9 Å². The Morgan fingerprint density at radius 1 is 1.11 bits per heavy atom. The highest BCUT2D eigenvalue weighted by Gasteiger charge is 2.20. The molecule has 0 unspecified atom stereocenters. The summed E-state index contributed by atoms with van der Waals surface area (Å²) in [6.45, 7) is 3.40. The molecule has 1 heterocycles. The van der Waals surface area contributed by atoms with Crippen LogP contribution in [0.25, 0.3) is 10.2 Å². The molecule has 0 aliphatic heterocycles. The molecule has 0 bridgehead atoms. The van der Waals surface area contributed by atoms with Crippen LogP contribution in [0.2, 0.25) is 0 Å². The van der Waals surface area contributed by atoms with Crippen molar-refractivity contribution in [1.29, 1.82) is 0 Å². The van der Waals surface area contributed by atoms with Gasteiger partial charge in [-0.15, -0.1) is 0 Å². The van der Waals surface area contributed by atoms with E-state index in [0.717, 1.165) is 20.9 Å². The van der Waals surface area contributed by atoms with Crippen LogP contribution in [0.3, 0.4) is 0 Å².